The van der Waals surface area contributed by atoms with Crippen LogP contribution >= 0.6 is 11.3 Å². The van der Waals surface area contributed by atoms with Gasteiger partial charge in [-0.2, -0.15) is 0 Å². The Balaban J connectivity index is 2.77. The Kier molecular flexibility index (Phi) is 4.21. The average molecular weight is 249 g/mol. The van der Waals surface area contributed by atoms with E-state index < -0.39 is 10.0 Å². The van der Waals surface area contributed by atoms with E-state index in [9.17, 15) is 8.42 Å². The fraction of sp³-hybridized carbons (Fsp3) is 0.625. The monoisotopic (exact) mass is 249 g/mol. The molecule has 0 atom stereocenters. The molecule has 0 bridgehead atoms. The van der Waals surface area contributed by atoms with E-state index in [0.717, 1.165) is 10.6 Å². The van der Waals surface area contributed by atoms with Gasteiger partial charge in [-0.15, -0.1) is 11.3 Å². The van der Waals surface area contributed by atoms with Gasteiger partial charge in [0.2, 0.25) is 4.34 Å². The molecule has 0 aromatic carbocycles. The zero-order valence-electron chi connectivity index (χ0n) is 8.99. The van der Waals surface area contributed by atoms with E-state index in [2.05, 4.69) is 15.0 Å². The highest BCUT2D eigenvalue weighted by Crippen LogP contribution is 2.20. The Morgan fingerprint density at radius 2 is 2.00 bits per heavy atom. The summed E-state index contributed by atoms with van der Waals surface area (Å²) in [5.41, 5.74) is 0.772. The van der Waals surface area contributed by atoms with E-state index in [-0.39, 0.29) is 4.34 Å². The molecule has 7 heteroatoms. The van der Waals surface area contributed by atoms with E-state index >= 15 is 0 Å². The molecule has 2 N–H and O–H groups in total. The Hall–Kier alpha value is -0.500. The second-order valence-electron chi connectivity index (χ2n) is 3.12. The van der Waals surface area contributed by atoms with Crippen molar-refractivity contribution in [1.82, 2.24) is 15.0 Å². The fourth-order valence-electron chi connectivity index (χ4n) is 0.930. The molecule has 0 radical (unpaired) electrons. The fourth-order valence-corrected chi connectivity index (χ4v) is 3.31. The second kappa shape index (κ2) is 5.02. The molecule has 0 aliphatic carbocycles. The maximum atomic E-state index is 11.7. The maximum absolute atomic E-state index is 11.7. The predicted octanol–water partition coefficient (Wildman–Crippen LogP) is 0.258. The van der Waals surface area contributed by atoms with Crippen LogP contribution in [0.15, 0.2) is 4.34 Å². The van der Waals surface area contributed by atoms with Crippen molar-refractivity contribution in [2.24, 2.45) is 0 Å². The number of hydrogen-bond acceptors (Lipinski definition) is 5. The molecule has 5 nitrogen and oxygen atoms in total. The Morgan fingerprint density at radius 3 is 2.47 bits per heavy atom. The van der Waals surface area contributed by atoms with Gasteiger partial charge in [0, 0.05) is 18.0 Å². The molecule has 0 aliphatic rings. The summed E-state index contributed by atoms with van der Waals surface area (Å²) < 4.78 is 26.0. The Morgan fingerprint density at radius 1 is 1.33 bits per heavy atom. The van der Waals surface area contributed by atoms with E-state index in [4.69, 9.17) is 0 Å². The van der Waals surface area contributed by atoms with Crippen LogP contribution < -0.4 is 10.0 Å². The van der Waals surface area contributed by atoms with Gasteiger partial charge in [0.05, 0.1) is 5.69 Å². The van der Waals surface area contributed by atoms with Gasteiger partial charge in [-0.1, -0.05) is 0 Å². The molecule has 0 fully saturated rings. The van der Waals surface area contributed by atoms with Crippen molar-refractivity contribution in [1.29, 1.82) is 0 Å². The standard InChI is InChI=1S/C8H15N3O2S2/c1-6-7(2)14-8(11-6)15(12,13)10-5-4-9-3/h9-10H,4-5H2,1-3H3. The third-order valence-corrected chi connectivity index (χ3v) is 4.82. The molecular formula is C8H15N3O2S2. The largest absolute Gasteiger partial charge is 0.318 e. The first-order valence-corrected chi connectivity index (χ1v) is 6.85. The summed E-state index contributed by atoms with van der Waals surface area (Å²) in [7, 11) is -1.65. The number of aryl methyl sites for hydroxylation is 2. The van der Waals surface area contributed by atoms with Crippen LogP contribution in [-0.4, -0.2) is 33.5 Å². The normalized spacial score (nSPS) is 11.9. The topological polar surface area (TPSA) is 71.1 Å². The molecule has 0 saturated carbocycles. The number of rotatable bonds is 5. The lowest BCUT2D eigenvalue weighted by Crippen LogP contribution is -2.30. The number of likely N-dealkylation sites (N-methyl/N-ethyl adjacent to an activating group) is 1. The van der Waals surface area contributed by atoms with Gasteiger partial charge < -0.3 is 5.32 Å². The lowest BCUT2D eigenvalue weighted by molar-refractivity contribution is 0.578. The molecule has 1 aromatic heterocycles. The molecule has 86 valence electrons. The molecule has 0 amide bonds. The summed E-state index contributed by atoms with van der Waals surface area (Å²) >= 11 is 1.20. The van der Waals surface area contributed by atoms with Crippen molar-refractivity contribution in [3.63, 3.8) is 0 Å². The highest BCUT2D eigenvalue weighted by Gasteiger charge is 2.18. The smallest absolute Gasteiger partial charge is 0.267 e. The van der Waals surface area contributed by atoms with Gasteiger partial charge >= 0.3 is 0 Å². The zero-order valence-corrected chi connectivity index (χ0v) is 10.6. The summed E-state index contributed by atoms with van der Waals surface area (Å²) in [5, 5.41) is 2.86. The van der Waals surface area contributed by atoms with Crippen LogP contribution in [0.4, 0.5) is 0 Å². The first kappa shape index (κ1) is 12.6. The van der Waals surface area contributed by atoms with Crippen LogP contribution in [0.1, 0.15) is 10.6 Å². The van der Waals surface area contributed by atoms with Crippen molar-refractivity contribution in [3.8, 4) is 0 Å². The number of nitrogens with zero attached hydrogens (tertiary/aromatic N) is 1. The number of nitrogens with one attached hydrogen (secondary N) is 2. The highest BCUT2D eigenvalue weighted by molar-refractivity contribution is 7.91. The molecule has 15 heavy (non-hydrogen) atoms. The van der Waals surface area contributed by atoms with Gasteiger partial charge in [-0.05, 0) is 20.9 Å². The minimum atomic E-state index is -3.42. The van der Waals surface area contributed by atoms with Crippen molar-refractivity contribution < 1.29 is 8.42 Å². The van der Waals surface area contributed by atoms with E-state index in [1.807, 2.05) is 6.92 Å². The number of hydrogen-bond donors (Lipinski definition) is 2. The van der Waals surface area contributed by atoms with Gasteiger partial charge in [0.1, 0.15) is 0 Å². The minimum absolute atomic E-state index is 0.147. The van der Waals surface area contributed by atoms with Crippen LogP contribution in [0.3, 0.4) is 0 Å². The Bertz CT molecular complexity index is 406. The number of sulfonamides is 1. The van der Waals surface area contributed by atoms with Crippen LogP contribution in [0, 0.1) is 13.8 Å². The van der Waals surface area contributed by atoms with E-state index in [0.29, 0.717) is 13.1 Å². The van der Waals surface area contributed by atoms with Crippen molar-refractivity contribution in [2.75, 3.05) is 20.1 Å². The lowest BCUT2D eigenvalue weighted by atomic mass is 10.4. The quantitative estimate of drug-likeness (QED) is 0.734. The zero-order chi connectivity index (χ0) is 11.5. The summed E-state index contributed by atoms with van der Waals surface area (Å²) in [6.07, 6.45) is 0. The van der Waals surface area contributed by atoms with Crippen LogP contribution in [0.5, 0.6) is 0 Å². The summed E-state index contributed by atoms with van der Waals surface area (Å²) in [6.45, 7) is 4.64. The molecule has 0 saturated heterocycles. The van der Waals surface area contributed by atoms with Gasteiger partial charge in [0.15, 0.2) is 0 Å². The molecule has 0 unspecified atom stereocenters. The van der Waals surface area contributed by atoms with Crippen LogP contribution in [0.25, 0.3) is 0 Å². The molecule has 0 aliphatic heterocycles. The summed E-state index contributed by atoms with van der Waals surface area (Å²) in [4.78, 5) is 4.94. The van der Waals surface area contributed by atoms with Crippen molar-refractivity contribution >= 4 is 21.4 Å². The molecule has 1 heterocycles. The van der Waals surface area contributed by atoms with Gasteiger partial charge in [-0.25, -0.2) is 18.1 Å². The maximum Gasteiger partial charge on any atom is 0.267 e. The lowest BCUT2D eigenvalue weighted by Gasteiger charge is -2.02. The average Bonchev–Trinajstić information content (AvgIpc) is 2.48. The first-order chi connectivity index (χ1) is 6.97. The van der Waals surface area contributed by atoms with Gasteiger partial charge in [-0.3, -0.25) is 0 Å². The summed E-state index contributed by atoms with van der Waals surface area (Å²) in [6, 6.07) is 0. The third kappa shape index (κ3) is 3.23. The number of aromatic nitrogens is 1. The number of thiazole rings is 1. The van der Waals surface area contributed by atoms with Crippen molar-refractivity contribution in [2.45, 2.75) is 18.2 Å². The second-order valence-corrected chi connectivity index (χ2v) is 6.27. The minimum Gasteiger partial charge on any atom is -0.318 e. The van der Waals surface area contributed by atoms with Gasteiger partial charge in [0.25, 0.3) is 10.0 Å². The third-order valence-electron chi connectivity index (χ3n) is 1.91. The van der Waals surface area contributed by atoms with Crippen molar-refractivity contribution in [3.05, 3.63) is 10.6 Å². The predicted molar refractivity (Wildman–Crippen MR) is 60.7 cm³/mol. The van der Waals surface area contributed by atoms with Crippen LogP contribution in [-0.2, 0) is 10.0 Å². The summed E-state index contributed by atoms with van der Waals surface area (Å²) in [5.74, 6) is 0. The molecule has 1 rings (SSSR count). The van der Waals surface area contributed by atoms with E-state index in [1.54, 1.807) is 14.0 Å². The van der Waals surface area contributed by atoms with Crippen LogP contribution in [0.2, 0.25) is 0 Å². The van der Waals surface area contributed by atoms with E-state index in [1.165, 1.54) is 11.3 Å². The molecule has 0 spiro atoms. The molecular weight excluding hydrogens is 234 g/mol. The highest BCUT2D eigenvalue weighted by atomic mass is 32.2. The first-order valence-electron chi connectivity index (χ1n) is 4.55. The molecule has 1 aromatic rings. The SMILES string of the molecule is CNCCNS(=O)(=O)c1nc(C)c(C)s1. The Labute approximate surface area is 94.0 Å².